The normalized spacial score (nSPS) is 10.1. The number of carbonyl (C=O) groups excluding carboxylic acids is 1. The predicted octanol–water partition coefficient (Wildman–Crippen LogP) is 3.79. The number of methoxy groups -OCH3 is 1. The average Bonchev–Trinajstić information content (AvgIpc) is 2.68. The van der Waals surface area contributed by atoms with Gasteiger partial charge < -0.3 is 19.5 Å². The van der Waals surface area contributed by atoms with E-state index < -0.39 is 0 Å². The smallest absolute Gasteiger partial charge is 0.257 e. The standard InChI is InChI=1S/C21H24N2O4S/c1-15(2)14-27-19-7-5-4-6-18(19)22-21(28)23-20(24)16-8-10-17(11-9-16)26-13-12-25-3/h4-11H,1,12-14H2,2-3H3,(H2,22,23,24,28). The van der Waals surface area contributed by atoms with Crippen LogP contribution in [0.2, 0.25) is 0 Å². The summed E-state index contributed by atoms with van der Waals surface area (Å²) in [6.45, 7) is 7.05. The molecule has 148 valence electrons. The van der Waals surface area contributed by atoms with E-state index in [1.807, 2.05) is 31.2 Å². The Bertz CT molecular complexity index is 821. The number of carbonyl (C=O) groups is 1. The van der Waals surface area contributed by atoms with Crippen molar-refractivity contribution in [3.8, 4) is 11.5 Å². The van der Waals surface area contributed by atoms with Crippen LogP contribution in [-0.2, 0) is 4.74 Å². The van der Waals surface area contributed by atoms with Crippen molar-refractivity contribution in [3.63, 3.8) is 0 Å². The number of hydrogen-bond acceptors (Lipinski definition) is 5. The van der Waals surface area contributed by atoms with E-state index in [0.29, 0.717) is 42.6 Å². The second-order valence-electron chi connectivity index (χ2n) is 6.02. The van der Waals surface area contributed by atoms with Gasteiger partial charge in [0.05, 0.1) is 12.3 Å². The molecule has 2 aromatic carbocycles. The predicted molar refractivity (Wildman–Crippen MR) is 114 cm³/mol. The topological polar surface area (TPSA) is 68.8 Å². The number of hydrogen-bond donors (Lipinski definition) is 2. The monoisotopic (exact) mass is 400 g/mol. The molecule has 0 unspecified atom stereocenters. The molecule has 7 heteroatoms. The molecule has 0 bridgehead atoms. The lowest BCUT2D eigenvalue weighted by molar-refractivity contribution is 0.0977. The number of anilines is 1. The van der Waals surface area contributed by atoms with Gasteiger partial charge in [0.15, 0.2) is 5.11 Å². The summed E-state index contributed by atoms with van der Waals surface area (Å²) in [7, 11) is 1.61. The average molecular weight is 401 g/mol. The van der Waals surface area contributed by atoms with Gasteiger partial charge in [0.2, 0.25) is 0 Å². The lowest BCUT2D eigenvalue weighted by Gasteiger charge is -2.14. The third-order valence-corrected chi connectivity index (χ3v) is 3.71. The number of ether oxygens (including phenoxy) is 3. The first-order chi connectivity index (χ1) is 13.5. The summed E-state index contributed by atoms with van der Waals surface area (Å²) in [5, 5.41) is 5.82. The fourth-order valence-electron chi connectivity index (χ4n) is 2.17. The maximum Gasteiger partial charge on any atom is 0.257 e. The largest absolute Gasteiger partial charge is 0.491 e. The van der Waals surface area contributed by atoms with Crippen molar-refractivity contribution in [2.75, 3.05) is 32.2 Å². The van der Waals surface area contributed by atoms with Gasteiger partial charge in [-0.25, -0.2) is 0 Å². The minimum atomic E-state index is -0.318. The van der Waals surface area contributed by atoms with Crippen LogP contribution >= 0.6 is 12.2 Å². The molecule has 1 amide bonds. The molecule has 2 rings (SSSR count). The Balaban J connectivity index is 1.92. The molecule has 0 saturated heterocycles. The van der Waals surface area contributed by atoms with E-state index in [2.05, 4.69) is 17.2 Å². The van der Waals surface area contributed by atoms with E-state index in [0.717, 1.165) is 5.57 Å². The number of nitrogens with one attached hydrogen (secondary N) is 2. The van der Waals surface area contributed by atoms with Crippen LogP contribution in [0.25, 0.3) is 0 Å². The zero-order chi connectivity index (χ0) is 20.4. The quantitative estimate of drug-likeness (QED) is 0.379. The van der Waals surface area contributed by atoms with Gasteiger partial charge in [-0.3, -0.25) is 10.1 Å². The van der Waals surface area contributed by atoms with E-state index in [9.17, 15) is 4.79 Å². The third kappa shape index (κ3) is 7.02. The molecule has 0 saturated carbocycles. The van der Waals surface area contributed by atoms with Crippen molar-refractivity contribution >= 4 is 28.9 Å². The molecule has 0 fully saturated rings. The molecule has 0 aliphatic carbocycles. The highest BCUT2D eigenvalue weighted by Gasteiger charge is 2.10. The molecule has 0 atom stereocenters. The summed E-state index contributed by atoms with van der Waals surface area (Å²) in [6, 6.07) is 14.1. The first-order valence-corrected chi connectivity index (χ1v) is 9.10. The Kier molecular flexibility index (Phi) is 8.45. The highest BCUT2D eigenvalue weighted by atomic mass is 32.1. The molecule has 0 aliphatic heterocycles. The van der Waals surface area contributed by atoms with Gasteiger partial charge in [0, 0.05) is 12.7 Å². The van der Waals surface area contributed by atoms with Crippen LogP contribution in [0.1, 0.15) is 17.3 Å². The van der Waals surface area contributed by atoms with E-state index in [1.54, 1.807) is 31.4 Å². The Morgan fingerprint density at radius 1 is 1.07 bits per heavy atom. The third-order valence-electron chi connectivity index (χ3n) is 3.51. The number of benzene rings is 2. The van der Waals surface area contributed by atoms with Crippen LogP contribution < -0.4 is 20.1 Å². The molecule has 28 heavy (non-hydrogen) atoms. The van der Waals surface area contributed by atoms with Gasteiger partial charge in [-0.2, -0.15) is 0 Å². The van der Waals surface area contributed by atoms with Gasteiger partial charge in [0.25, 0.3) is 5.91 Å². The molecule has 0 aliphatic rings. The second kappa shape index (κ2) is 11.1. The van der Waals surface area contributed by atoms with Gasteiger partial charge in [-0.05, 0) is 61.1 Å². The van der Waals surface area contributed by atoms with Crippen molar-refractivity contribution in [2.45, 2.75) is 6.92 Å². The molecule has 0 radical (unpaired) electrons. The zero-order valence-corrected chi connectivity index (χ0v) is 16.8. The van der Waals surface area contributed by atoms with Crippen LogP contribution in [0.3, 0.4) is 0 Å². The summed E-state index contributed by atoms with van der Waals surface area (Å²) in [5.74, 6) is 0.971. The molecule has 0 aromatic heterocycles. The summed E-state index contributed by atoms with van der Waals surface area (Å²) in [4.78, 5) is 12.4. The number of amides is 1. The Morgan fingerprint density at radius 2 is 1.79 bits per heavy atom. The van der Waals surface area contributed by atoms with Crippen LogP contribution in [-0.4, -0.2) is 38.0 Å². The minimum Gasteiger partial charge on any atom is -0.491 e. The van der Waals surface area contributed by atoms with Gasteiger partial charge in [-0.1, -0.05) is 18.7 Å². The Hall–Kier alpha value is -2.90. The minimum absolute atomic E-state index is 0.178. The lowest BCUT2D eigenvalue weighted by Crippen LogP contribution is -2.34. The zero-order valence-electron chi connectivity index (χ0n) is 16.0. The van der Waals surface area contributed by atoms with Crippen molar-refractivity contribution in [2.24, 2.45) is 0 Å². The van der Waals surface area contributed by atoms with Gasteiger partial charge in [-0.15, -0.1) is 0 Å². The Morgan fingerprint density at radius 3 is 2.46 bits per heavy atom. The molecule has 0 heterocycles. The second-order valence-corrected chi connectivity index (χ2v) is 6.42. The molecule has 2 aromatic rings. The Labute approximate surface area is 170 Å². The molecule has 0 spiro atoms. The van der Waals surface area contributed by atoms with Crippen molar-refractivity contribution in [3.05, 3.63) is 66.2 Å². The lowest BCUT2D eigenvalue weighted by atomic mass is 10.2. The van der Waals surface area contributed by atoms with Crippen LogP contribution in [0.4, 0.5) is 5.69 Å². The summed E-state index contributed by atoms with van der Waals surface area (Å²) < 4.78 is 16.1. The fourth-order valence-corrected chi connectivity index (χ4v) is 2.37. The van der Waals surface area contributed by atoms with Crippen LogP contribution in [0.15, 0.2) is 60.7 Å². The number of rotatable bonds is 9. The van der Waals surface area contributed by atoms with Crippen molar-refractivity contribution in [1.29, 1.82) is 0 Å². The van der Waals surface area contributed by atoms with E-state index >= 15 is 0 Å². The summed E-state index contributed by atoms with van der Waals surface area (Å²) >= 11 is 5.25. The van der Waals surface area contributed by atoms with Crippen LogP contribution in [0, 0.1) is 0 Å². The van der Waals surface area contributed by atoms with Crippen molar-refractivity contribution < 1.29 is 19.0 Å². The molecule has 2 N–H and O–H groups in total. The maximum atomic E-state index is 12.4. The first kappa shape index (κ1) is 21.4. The molecule has 6 nitrogen and oxygen atoms in total. The van der Waals surface area contributed by atoms with Gasteiger partial charge >= 0.3 is 0 Å². The van der Waals surface area contributed by atoms with Crippen molar-refractivity contribution in [1.82, 2.24) is 5.32 Å². The number of thiocarbonyl (C=S) groups is 1. The highest BCUT2D eigenvalue weighted by Crippen LogP contribution is 2.24. The molecular formula is C21H24N2O4S. The van der Waals surface area contributed by atoms with Crippen LogP contribution in [0.5, 0.6) is 11.5 Å². The van der Waals surface area contributed by atoms with E-state index in [-0.39, 0.29) is 11.0 Å². The molecular weight excluding hydrogens is 376 g/mol. The van der Waals surface area contributed by atoms with Gasteiger partial charge in [0.1, 0.15) is 24.7 Å². The first-order valence-electron chi connectivity index (χ1n) is 8.70. The highest BCUT2D eigenvalue weighted by molar-refractivity contribution is 7.80. The fraction of sp³-hybridized carbons (Fsp3) is 0.238. The maximum absolute atomic E-state index is 12.4. The SMILES string of the molecule is C=C(C)COc1ccccc1NC(=S)NC(=O)c1ccc(OCCOC)cc1. The van der Waals surface area contributed by atoms with E-state index in [1.165, 1.54) is 0 Å². The summed E-state index contributed by atoms with van der Waals surface area (Å²) in [5.41, 5.74) is 2.03. The summed E-state index contributed by atoms with van der Waals surface area (Å²) in [6.07, 6.45) is 0. The van der Waals surface area contributed by atoms with E-state index in [4.69, 9.17) is 26.4 Å². The number of para-hydroxylation sites is 2.